The number of carbonyl (C=O) groups is 3. The van der Waals surface area contributed by atoms with E-state index in [1.807, 2.05) is 13.8 Å². The predicted molar refractivity (Wildman–Crippen MR) is 86.9 cm³/mol. The average molecular weight is 334 g/mol. The van der Waals surface area contributed by atoms with Gasteiger partial charge >= 0.3 is 18.1 Å². The van der Waals surface area contributed by atoms with Gasteiger partial charge in [0.25, 0.3) is 0 Å². The number of aromatic carboxylic acids is 2. The van der Waals surface area contributed by atoms with Crippen molar-refractivity contribution in [2.75, 3.05) is 0 Å². The van der Waals surface area contributed by atoms with Gasteiger partial charge in [0.1, 0.15) is 0 Å². The monoisotopic (exact) mass is 334 g/mol. The van der Waals surface area contributed by atoms with E-state index in [2.05, 4.69) is 0 Å². The van der Waals surface area contributed by atoms with Crippen LogP contribution in [0.5, 0.6) is 0 Å². The van der Waals surface area contributed by atoms with Crippen molar-refractivity contribution < 1.29 is 34.8 Å². The molecular formula is C17H18O7. The number of aryl methyl sites for hydroxylation is 2. The summed E-state index contributed by atoms with van der Waals surface area (Å²) in [7, 11) is 0. The Morgan fingerprint density at radius 3 is 0.958 bits per heavy atom. The smallest absolute Gasteiger partial charge is 0.478 e. The number of carboxylic acids is 2. The Bertz CT molecular complexity index is 614. The Balaban J connectivity index is 0.000000363. The van der Waals surface area contributed by atoms with Crippen molar-refractivity contribution in [2.24, 2.45) is 0 Å². The maximum atomic E-state index is 10.3. The highest BCUT2D eigenvalue weighted by Gasteiger charge is 1.99. The van der Waals surface area contributed by atoms with Gasteiger partial charge in [0.05, 0.1) is 11.1 Å². The Hall–Kier alpha value is -3.35. The van der Waals surface area contributed by atoms with Gasteiger partial charge in [-0.15, -0.1) is 0 Å². The van der Waals surface area contributed by atoms with E-state index in [4.69, 9.17) is 25.2 Å². The van der Waals surface area contributed by atoms with Crippen molar-refractivity contribution >= 4 is 18.1 Å². The molecule has 0 aromatic heterocycles. The molecule has 0 aliphatic rings. The highest BCUT2D eigenvalue weighted by molar-refractivity contribution is 5.87. The van der Waals surface area contributed by atoms with E-state index < -0.39 is 18.1 Å². The van der Waals surface area contributed by atoms with Crippen molar-refractivity contribution in [3.05, 3.63) is 70.8 Å². The highest BCUT2D eigenvalue weighted by Crippen LogP contribution is 2.02. The second-order valence-corrected chi connectivity index (χ2v) is 4.62. The fraction of sp³-hybridized carbons (Fsp3) is 0.118. The summed E-state index contributed by atoms with van der Waals surface area (Å²) in [6.45, 7) is 3.84. The van der Waals surface area contributed by atoms with E-state index in [1.165, 1.54) is 0 Å². The van der Waals surface area contributed by atoms with Crippen molar-refractivity contribution in [2.45, 2.75) is 13.8 Å². The topological polar surface area (TPSA) is 132 Å². The minimum Gasteiger partial charge on any atom is -0.478 e. The van der Waals surface area contributed by atoms with Crippen LogP contribution in [0.3, 0.4) is 0 Å². The van der Waals surface area contributed by atoms with Crippen LogP contribution >= 0.6 is 0 Å². The van der Waals surface area contributed by atoms with E-state index in [-0.39, 0.29) is 0 Å². The molecule has 7 heteroatoms. The van der Waals surface area contributed by atoms with Gasteiger partial charge in [-0.05, 0) is 38.1 Å². The molecule has 0 bridgehead atoms. The second-order valence-electron chi connectivity index (χ2n) is 4.62. The van der Waals surface area contributed by atoms with Crippen LogP contribution < -0.4 is 0 Å². The zero-order valence-corrected chi connectivity index (χ0v) is 13.1. The highest BCUT2D eigenvalue weighted by atomic mass is 16.6. The number of rotatable bonds is 2. The molecule has 0 unspecified atom stereocenters. The fourth-order valence-electron chi connectivity index (χ4n) is 1.39. The molecule has 128 valence electrons. The summed E-state index contributed by atoms with van der Waals surface area (Å²) in [5.74, 6) is -1.75. The molecule has 4 N–H and O–H groups in total. The van der Waals surface area contributed by atoms with Gasteiger partial charge in [0.15, 0.2) is 0 Å². The molecular weight excluding hydrogens is 316 g/mol. The lowest BCUT2D eigenvalue weighted by Crippen LogP contribution is -1.94. The first-order valence-corrected chi connectivity index (χ1v) is 6.65. The molecule has 0 saturated heterocycles. The Labute approximate surface area is 138 Å². The van der Waals surface area contributed by atoms with Gasteiger partial charge in [0.2, 0.25) is 0 Å². The van der Waals surface area contributed by atoms with Gasteiger partial charge in [-0.2, -0.15) is 0 Å². The molecule has 0 amide bonds. The van der Waals surface area contributed by atoms with Crippen LogP contribution in [0.25, 0.3) is 0 Å². The molecule has 2 rings (SSSR count). The van der Waals surface area contributed by atoms with Crippen LogP contribution in [0, 0.1) is 13.8 Å². The normalized spacial score (nSPS) is 8.75. The first-order chi connectivity index (χ1) is 11.1. The van der Waals surface area contributed by atoms with E-state index in [1.54, 1.807) is 48.5 Å². The lowest BCUT2D eigenvalue weighted by molar-refractivity contribution is 0.0686. The van der Waals surface area contributed by atoms with Gasteiger partial charge in [-0.1, -0.05) is 35.4 Å². The summed E-state index contributed by atoms with van der Waals surface area (Å²) < 4.78 is 0. The minimum atomic E-state index is -1.83. The third kappa shape index (κ3) is 9.56. The second kappa shape index (κ2) is 10.4. The third-order valence-electron chi connectivity index (χ3n) is 2.60. The first-order valence-electron chi connectivity index (χ1n) is 6.65. The lowest BCUT2D eigenvalue weighted by atomic mass is 10.2. The van der Waals surface area contributed by atoms with E-state index in [9.17, 15) is 9.59 Å². The van der Waals surface area contributed by atoms with Crippen LogP contribution in [0.15, 0.2) is 48.5 Å². The number of benzene rings is 2. The summed E-state index contributed by atoms with van der Waals surface area (Å²) in [4.78, 5) is 29.2. The molecule has 0 saturated carbocycles. The molecule has 7 nitrogen and oxygen atoms in total. The van der Waals surface area contributed by atoms with Crippen molar-refractivity contribution in [3.8, 4) is 0 Å². The quantitative estimate of drug-likeness (QED) is 0.659. The van der Waals surface area contributed by atoms with E-state index >= 15 is 0 Å². The van der Waals surface area contributed by atoms with Gasteiger partial charge in [0, 0.05) is 0 Å². The van der Waals surface area contributed by atoms with E-state index in [0.717, 1.165) is 11.1 Å². The summed E-state index contributed by atoms with van der Waals surface area (Å²) in [6, 6.07) is 13.5. The number of carboxylic acid groups (broad SMARTS) is 4. The number of hydrogen-bond acceptors (Lipinski definition) is 3. The molecule has 0 atom stereocenters. The van der Waals surface area contributed by atoms with Crippen molar-refractivity contribution in [1.82, 2.24) is 0 Å². The maximum absolute atomic E-state index is 10.3. The molecule has 0 aliphatic carbocycles. The van der Waals surface area contributed by atoms with Crippen LogP contribution in [-0.2, 0) is 0 Å². The van der Waals surface area contributed by atoms with E-state index in [0.29, 0.717) is 11.1 Å². The molecule has 0 aliphatic heterocycles. The lowest BCUT2D eigenvalue weighted by Gasteiger charge is -1.92. The zero-order valence-electron chi connectivity index (χ0n) is 13.1. The maximum Gasteiger partial charge on any atom is 0.503 e. The van der Waals surface area contributed by atoms with Crippen LogP contribution in [0.4, 0.5) is 4.79 Å². The standard InChI is InChI=1S/2C8H8O2.CH2O3/c2*1-6-2-4-7(5-3-6)8(9)10;2-1(3)4/h2*2-5H,1H3,(H,9,10);(H2,2,3,4). The van der Waals surface area contributed by atoms with Gasteiger partial charge < -0.3 is 20.4 Å². The molecule has 0 fully saturated rings. The molecule has 2 aromatic rings. The molecule has 0 heterocycles. The largest absolute Gasteiger partial charge is 0.503 e. The van der Waals surface area contributed by atoms with Crippen LogP contribution in [0.1, 0.15) is 31.8 Å². The minimum absolute atomic E-state index is 0.339. The Kier molecular flexibility index (Phi) is 8.94. The zero-order chi connectivity index (χ0) is 18.7. The van der Waals surface area contributed by atoms with Gasteiger partial charge in [-0.3, -0.25) is 0 Å². The fourth-order valence-corrected chi connectivity index (χ4v) is 1.39. The average Bonchev–Trinajstić information content (AvgIpc) is 2.48. The Morgan fingerprint density at radius 2 is 0.792 bits per heavy atom. The van der Waals surface area contributed by atoms with Crippen molar-refractivity contribution in [3.63, 3.8) is 0 Å². The van der Waals surface area contributed by atoms with Crippen LogP contribution in [-0.4, -0.2) is 38.5 Å². The van der Waals surface area contributed by atoms with Crippen LogP contribution in [0.2, 0.25) is 0 Å². The molecule has 0 radical (unpaired) electrons. The SMILES string of the molecule is Cc1ccc(C(=O)O)cc1.Cc1ccc(C(=O)O)cc1.O=C(O)O. The summed E-state index contributed by atoms with van der Waals surface area (Å²) in [5.41, 5.74) is 2.83. The molecule has 0 spiro atoms. The summed E-state index contributed by atoms with van der Waals surface area (Å²) in [6.07, 6.45) is -1.83. The molecule has 24 heavy (non-hydrogen) atoms. The predicted octanol–water partition coefficient (Wildman–Crippen LogP) is 3.61. The van der Waals surface area contributed by atoms with Gasteiger partial charge in [-0.25, -0.2) is 14.4 Å². The summed E-state index contributed by atoms with van der Waals surface area (Å²) >= 11 is 0. The number of hydrogen-bond donors (Lipinski definition) is 4. The van der Waals surface area contributed by atoms with Crippen molar-refractivity contribution in [1.29, 1.82) is 0 Å². The third-order valence-corrected chi connectivity index (χ3v) is 2.60. The Morgan fingerprint density at radius 1 is 0.583 bits per heavy atom. The summed E-state index contributed by atoms with van der Waals surface area (Å²) in [5, 5.41) is 30.9. The molecule has 2 aromatic carbocycles. The first kappa shape index (κ1) is 20.6.